The quantitative estimate of drug-likeness (QED) is 0.439. The molecule has 1 aliphatic heterocycles. The zero-order chi connectivity index (χ0) is 18.5. The largest absolute Gasteiger partial charge is 0.462 e. The van der Waals surface area contributed by atoms with Gasteiger partial charge in [-0.1, -0.05) is 19.3 Å². The molecular weight excluding hydrogens is 377 g/mol. The molecule has 0 radical (unpaired) electrons. The second-order valence-electron chi connectivity index (χ2n) is 7.29. The molecule has 3 aliphatic rings. The lowest BCUT2D eigenvalue weighted by Crippen LogP contribution is -2.40. The van der Waals surface area contributed by atoms with Crippen LogP contribution in [0.4, 0.5) is 0 Å². The van der Waals surface area contributed by atoms with Gasteiger partial charge in [-0.3, -0.25) is 14.5 Å². The van der Waals surface area contributed by atoms with E-state index >= 15 is 0 Å². The Labute approximate surface area is 161 Å². The lowest BCUT2D eigenvalue weighted by molar-refractivity contribution is 0.0484. The van der Waals surface area contributed by atoms with Crippen LogP contribution in [0.5, 0.6) is 0 Å². The first-order valence-electron chi connectivity index (χ1n) is 8.95. The van der Waals surface area contributed by atoms with Crippen LogP contribution in [0.15, 0.2) is 18.2 Å². The van der Waals surface area contributed by atoms with Crippen molar-refractivity contribution in [2.24, 2.45) is 5.92 Å². The first-order chi connectivity index (χ1) is 12.4. The lowest BCUT2D eigenvalue weighted by Gasteiger charge is -2.29. The highest BCUT2D eigenvalue weighted by atomic mass is 35.5. The van der Waals surface area contributed by atoms with Crippen molar-refractivity contribution in [1.29, 1.82) is 0 Å². The minimum atomic E-state index is -0.804. The predicted octanol–water partition coefficient (Wildman–Crippen LogP) is 3.97. The monoisotopic (exact) mass is 395 g/mol. The molecule has 2 saturated carbocycles. The van der Waals surface area contributed by atoms with E-state index in [0.29, 0.717) is 12.0 Å². The summed E-state index contributed by atoms with van der Waals surface area (Å²) in [5.74, 6) is -1.17. The van der Waals surface area contributed by atoms with Crippen LogP contribution < -0.4 is 0 Å². The third kappa shape index (κ3) is 3.12. The maximum absolute atomic E-state index is 12.8. The van der Waals surface area contributed by atoms with Crippen molar-refractivity contribution < 1.29 is 19.1 Å². The van der Waals surface area contributed by atoms with E-state index in [1.54, 1.807) is 6.07 Å². The number of halogens is 2. The van der Waals surface area contributed by atoms with Gasteiger partial charge in [0, 0.05) is 12.0 Å². The summed E-state index contributed by atoms with van der Waals surface area (Å²) in [5.41, 5.74) is 0.899. The van der Waals surface area contributed by atoms with E-state index in [-0.39, 0.29) is 41.5 Å². The second-order valence-corrected chi connectivity index (χ2v) is 8.84. The van der Waals surface area contributed by atoms with Crippen LogP contribution in [0.3, 0.4) is 0 Å². The van der Waals surface area contributed by atoms with Gasteiger partial charge in [-0.2, -0.15) is 0 Å². The highest BCUT2D eigenvalue weighted by Gasteiger charge is 2.52. The van der Waals surface area contributed by atoms with Gasteiger partial charge in [0.25, 0.3) is 11.8 Å². The number of amides is 2. The van der Waals surface area contributed by atoms with E-state index in [0.717, 1.165) is 32.1 Å². The fraction of sp³-hybridized carbons (Fsp3) is 0.526. The van der Waals surface area contributed by atoms with Crippen molar-refractivity contribution in [3.8, 4) is 0 Å². The Bertz CT molecular complexity index is 786. The summed E-state index contributed by atoms with van der Waals surface area (Å²) in [6.45, 7) is 0.143. The van der Waals surface area contributed by atoms with Crippen LogP contribution in [0.25, 0.3) is 0 Å². The van der Waals surface area contributed by atoms with E-state index < -0.39 is 10.3 Å². The number of hydrogen-bond acceptors (Lipinski definition) is 4. The number of nitrogens with zero attached hydrogens (tertiary/aromatic N) is 1. The third-order valence-electron chi connectivity index (χ3n) is 5.46. The topological polar surface area (TPSA) is 63.7 Å². The molecule has 0 bridgehead atoms. The van der Waals surface area contributed by atoms with Crippen LogP contribution >= 0.6 is 23.2 Å². The molecule has 5 nitrogen and oxygen atoms in total. The summed E-state index contributed by atoms with van der Waals surface area (Å²) in [6, 6.07) is 4.49. The maximum atomic E-state index is 12.8. The number of rotatable bonds is 4. The predicted molar refractivity (Wildman–Crippen MR) is 96.6 cm³/mol. The third-order valence-corrected chi connectivity index (χ3v) is 6.39. The number of imide groups is 1. The van der Waals surface area contributed by atoms with Gasteiger partial charge in [-0.05, 0) is 37.5 Å². The van der Waals surface area contributed by atoms with Gasteiger partial charge >= 0.3 is 5.97 Å². The molecule has 1 aromatic carbocycles. The van der Waals surface area contributed by atoms with Crippen molar-refractivity contribution >= 4 is 41.0 Å². The Morgan fingerprint density at radius 2 is 1.77 bits per heavy atom. The molecule has 1 atom stereocenters. The van der Waals surface area contributed by atoms with Gasteiger partial charge in [0.05, 0.1) is 23.3 Å². The van der Waals surface area contributed by atoms with Crippen LogP contribution in [-0.2, 0) is 4.74 Å². The molecule has 0 spiro atoms. The number of esters is 1. The fourth-order valence-electron chi connectivity index (χ4n) is 3.77. The Hall–Kier alpha value is -1.59. The zero-order valence-electron chi connectivity index (χ0n) is 14.2. The molecular formula is C19H19Cl2NO4. The van der Waals surface area contributed by atoms with Gasteiger partial charge in [-0.15, -0.1) is 23.2 Å². The highest BCUT2D eigenvalue weighted by Crippen LogP contribution is 2.53. The van der Waals surface area contributed by atoms with E-state index in [9.17, 15) is 14.4 Å². The smallest absolute Gasteiger partial charge is 0.338 e. The zero-order valence-corrected chi connectivity index (χ0v) is 15.7. The molecule has 2 amide bonds. The summed E-state index contributed by atoms with van der Waals surface area (Å²) in [5, 5.41) is 0. The molecule has 138 valence electrons. The van der Waals surface area contributed by atoms with Gasteiger partial charge in [0.1, 0.15) is 4.33 Å². The summed E-state index contributed by atoms with van der Waals surface area (Å²) in [4.78, 5) is 39.0. The number of benzene rings is 1. The standard InChI is InChI=1S/C19H19Cl2NO4/c20-19(21)9-12(19)10-26-18(25)11-6-7-14-15(8-11)17(24)22(16(14)23)13-4-2-1-3-5-13/h6-8,12-13H,1-5,9-10H2/t12-/m0/s1. The Morgan fingerprint density at radius 3 is 2.42 bits per heavy atom. The molecule has 1 aromatic rings. The highest BCUT2D eigenvalue weighted by molar-refractivity contribution is 6.50. The van der Waals surface area contributed by atoms with Gasteiger partial charge in [0.15, 0.2) is 0 Å². The summed E-state index contributed by atoms with van der Waals surface area (Å²) in [7, 11) is 0. The molecule has 0 aromatic heterocycles. The Kier molecular flexibility index (Phi) is 4.48. The van der Waals surface area contributed by atoms with Crippen molar-refractivity contribution in [2.45, 2.75) is 48.9 Å². The van der Waals surface area contributed by atoms with Crippen molar-refractivity contribution in [3.05, 3.63) is 34.9 Å². The Balaban J connectivity index is 1.49. The van der Waals surface area contributed by atoms with E-state index in [1.165, 1.54) is 17.0 Å². The van der Waals surface area contributed by atoms with Gasteiger partial charge in [0.2, 0.25) is 0 Å². The van der Waals surface area contributed by atoms with Crippen LogP contribution in [0, 0.1) is 5.92 Å². The molecule has 2 aliphatic carbocycles. The first kappa shape index (κ1) is 17.8. The fourth-order valence-corrected chi connectivity index (χ4v) is 4.27. The van der Waals surface area contributed by atoms with E-state index in [2.05, 4.69) is 0 Å². The second kappa shape index (κ2) is 6.54. The van der Waals surface area contributed by atoms with E-state index in [1.807, 2.05) is 0 Å². The number of ether oxygens (including phenoxy) is 1. The maximum Gasteiger partial charge on any atom is 0.338 e. The normalized spacial score (nSPS) is 24.5. The average Bonchev–Trinajstić information content (AvgIpc) is 3.18. The summed E-state index contributed by atoms with van der Waals surface area (Å²) >= 11 is 11.8. The minimum Gasteiger partial charge on any atom is -0.462 e. The van der Waals surface area contributed by atoms with E-state index in [4.69, 9.17) is 27.9 Å². The average molecular weight is 396 g/mol. The summed E-state index contributed by atoms with van der Waals surface area (Å²) < 4.78 is 4.43. The number of carbonyl (C=O) groups is 3. The molecule has 2 fully saturated rings. The Morgan fingerprint density at radius 1 is 1.12 bits per heavy atom. The van der Waals surface area contributed by atoms with Crippen LogP contribution in [0.1, 0.15) is 69.6 Å². The van der Waals surface area contributed by atoms with Crippen LogP contribution in [-0.4, -0.2) is 39.7 Å². The van der Waals surface area contributed by atoms with Crippen molar-refractivity contribution in [3.63, 3.8) is 0 Å². The molecule has 0 unspecified atom stereocenters. The number of fused-ring (bicyclic) bond motifs is 1. The number of hydrogen-bond donors (Lipinski definition) is 0. The number of alkyl halides is 2. The minimum absolute atomic E-state index is 0.0398. The molecule has 7 heteroatoms. The lowest BCUT2D eigenvalue weighted by atomic mass is 9.94. The van der Waals surface area contributed by atoms with Gasteiger partial charge in [-0.25, -0.2) is 4.79 Å². The molecule has 4 rings (SSSR count). The first-order valence-corrected chi connectivity index (χ1v) is 9.71. The molecule has 26 heavy (non-hydrogen) atoms. The molecule has 0 N–H and O–H groups in total. The molecule has 1 heterocycles. The number of carbonyl (C=O) groups excluding carboxylic acids is 3. The summed E-state index contributed by atoms with van der Waals surface area (Å²) in [6.07, 6.45) is 5.49. The van der Waals surface area contributed by atoms with Gasteiger partial charge < -0.3 is 4.74 Å². The van der Waals surface area contributed by atoms with Crippen LogP contribution in [0.2, 0.25) is 0 Å². The SMILES string of the molecule is O=C(OC[C@@H]1CC1(Cl)Cl)c1ccc2c(c1)C(=O)N(C1CCCCC1)C2=O. The molecule has 0 saturated heterocycles. The van der Waals surface area contributed by atoms with Crippen molar-refractivity contribution in [1.82, 2.24) is 4.90 Å². The van der Waals surface area contributed by atoms with Crippen molar-refractivity contribution in [2.75, 3.05) is 6.61 Å².